The molecule has 0 radical (unpaired) electrons. The molecule has 0 N–H and O–H groups in total. The second-order valence-corrected chi connectivity index (χ2v) is 11.3. The molecule has 0 saturated heterocycles. The van der Waals surface area contributed by atoms with Gasteiger partial charge >= 0.3 is 0 Å². The van der Waals surface area contributed by atoms with Crippen LogP contribution in [0.15, 0.2) is 71.8 Å². The molecule has 0 aliphatic carbocycles. The zero-order valence-electron chi connectivity index (χ0n) is 18.7. The van der Waals surface area contributed by atoms with Gasteiger partial charge in [-0.25, -0.2) is 13.4 Å². The van der Waals surface area contributed by atoms with Crippen LogP contribution in [0.5, 0.6) is 0 Å². The fraction of sp³-hybridized carbons (Fsp3) is 0.240. The first-order valence-corrected chi connectivity index (χ1v) is 13.2. The first-order valence-electron chi connectivity index (χ1n) is 10.7. The second kappa shape index (κ2) is 9.41. The van der Waals surface area contributed by atoms with Gasteiger partial charge < -0.3 is 0 Å². The largest absolute Gasteiger partial charge is 0.278 e. The van der Waals surface area contributed by atoms with E-state index in [0.29, 0.717) is 22.3 Å². The van der Waals surface area contributed by atoms with E-state index >= 15 is 0 Å². The Morgan fingerprint density at radius 1 is 1.06 bits per heavy atom. The predicted octanol–water partition coefficient (Wildman–Crippen LogP) is 5.46. The molecule has 2 heterocycles. The summed E-state index contributed by atoms with van der Waals surface area (Å²) in [6.45, 7) is 6.04. The highest BCUT2D eigenvalue weighted by Crippen LogP contribution is 2.34. The predicted molar refractivity (Wildman–Crippen MR) is 133 cm³/mol. The lowest BCUT2D eigenvalue weighted by molar-refractivity contribution is 0.0984. The summed E-state index contributed by atoms with van der Waals surface area (Å²) in [6, 6.07) is 17.8. The Balaban J connectivity index is 1.81. The summed E-state index contributed by atoms with van der Waals surface area (Å²) in [6.07, 6.45) is 1.68. The molecule has 4 rings (SSSR count). The van der Waals surface area contributed by atoms with Gasteiger partial charge in [-0.2, -0.15) is 0 Å². The second-order valence-electron chi connectivity index (χ2n) is 7.99. The number of amides is 1. The highest BCUT2D eigenvalue weighted by atomic mass is 32.2. The standard InChI is InChI=1S/C25H25N3O3S2/c1-4-33(30,31)20-11-7-9-18(15-20)24(29)28(16-19-10-5-6-14-26-19)25-27-23-21(17(2)3)12-8-13-22(23)32-25/h5-15,17H,4,16H2,1-3H3. The minimum Gasteiger partial charge on any atom is -0.278 e. The molecule has 8 heteroatoms. The number of fused-ring (bicyclic) bond motifs is 1. The van der Waals surface area contributed by atoms with Gasteiger partial charge in [0.1, 0.15) is 0 Å². The van der Waals surface area contributed by atoms with E-state index in [1.807, 2.05) is 30.3 Å². The van der Waals surface area contributed by atoms with Gasteiger partial charge in [0.25, 0.3) is 5.91 Å². The summed E-state index contributed by atoms with van der Waals surface area (Å²) in [5, 5.41) is 0.553. The molecular weight excluding hydrogens is 454 g/mol. The van der Waals surface area contributed by atoms with E-state index in [-0.39, 0.29) is 23.1 Å². The first kappa shape index (κ1) is 23.1. The molecule has 2 aromatic carbocycles. The Morgan fingerprint density at radius 2 is 1.85 bits per heavy atom. The van der Waals surface area contributed by atoms with Crippen molar-refractivity contribution in [3.63, 3.8) is 0 Å². The SMILES string of the molecule is CCS(=O)(=O)c1cccc(C(=O)N(Cc2ccccn2)c2nc3c(C(C)C)cccc3s2)c1. The number of carbonyl (C=O) groups excluding carboxylic acids is 1. The van der Waals surface area contributed by atoms with Crippen molar-refractivity contribution < 1.29 is 13.2 Å². The van der Waals surface area contributed by atoms with Crippen molar-refractivity contribution in [3.8, 4) is 0 Å². The van der Waals surface area contributed by atoms with Crippen LogP contribution in [0.1, 0.15) is 48.3 Å². The van der Waals surface area contributed by atoms with Crippen LogP contribution < -0.4 is 4.90 Å². The number of carbonyl (C=O) groups is 1. The lowest BCUT2D eigenvalue weighted by atomic mass is 10.0. The quantitative estimate of drug-likeness (QED) is 0.352. The smallest absolute Gasteiger partial charge is 0.260 e. The Bertz CT molecular complexity index is 1400. The van der Waals surface area contributed by atoms with Crippen LogP contribution in [-0.2, 0) is 16.4 Å². The summed E-state index contributed by atoms with van der Waals surface area (Å²) in [5.41, 5.74) is 3.01. The van der Waals surface area contributed by atoms with Gasteiger partial charge in [0.2, 0.25) is 0 Å². The monoisotopic (exact) mass is 479 g/mol. The summed E-state index contributed by atoms with van der Waals surface area (Å²) < 4.78 is 25.8. The summed E-state index contributed by atoms with van der Waals surface area (Å²) >= 11 is 1.44. The van der Waals surface area contributed by atoms with Crippen LogP contribution in [0.2, 0.25) is 0 Å². The molecule has 4 aromatic rings. The van der Waals surface area contributed by atoms with Gasteiger partial charge in [-0.3, -0.25) is 14.7 Å². The van der Waals surface area contributed by atoms with Crippen molar-refractivity contribution >= 4 is 42.4 Å². The number of nitrogens with zero attached hydrogens (tertiary/aromatic N) is 3. The van der Waals surface area contributed by atoms with Gasteiger partial charge in [0.15, 0.2) is 15.0 Å². The first-order chi connectivity index (χ1) is 15.8. The fourth-order valence-corrected chi connectivity index (χ4v) is 5.49. The number of para-hydroxylation sites is 1. The maximum Gasteiger partial charge on any atom is 0.260 e. The Hall–Kier alpha value is -3.10. The lowest BCUT2D eigenvalue weighted by Gasteiger charge is -2.20. The molecule has 0 saturated carbocycles. The minimum absolute atomic E-state index is 0.0296. The number of hydrogen-bond acceptors (Lipinski definition) is 6. The molecular formula is C25H25N3O3S2. The van der Waals surface area contributed by atoms with Crippen molar-refractivity contribution in [2.24, 2.45) is 0 Å². The molecule has 0 atom stereocenters. The molecule has 0 fully saturated rings. The van der Waals surface area contributed by atoms with E-state index in [2.05, 4.69) is 24.9 Å². The van der Waals surface area contributed by atoms with Crippen LogP contribution in [0, 0.1) is 0 Å². The molecule has 170 valence electrons. The number of anilines is 1. The highest BCUT2D eigenvalue weighted by Gasteiger charge is 2.24. The highest BCUT2D eigenvalue weighted by molar-refractivity contribution is 7.91. The minimum atomic E-state index is -3.44. The van der Waals surface area contributed by atoms with E-state index in [0.717, 1.165) is 15.8 Å². The average Bonchev–Trinajstić information content (AvgIpc) is 3.26. The molecule has 6 nitrogen and oxygen atoms in total. The number of sulfone groups is 1. The molecule has 0 aliphatic heterocycles. The van der Waals surface area contributed by atoms with Crippen LogP contribution in [0.4, 0.5) is 5.13 Å². The zero-order valence-corrected chi connectivity index (χ0v) is 20.4. The molecule has 0 spiro atoms. The summed E-state index contributed by atoms with van der Waals surface area (Å²) in [5.74, 6) is -0.0588. The van der Waals surface area contributed by atoms with E-state index in [9.17, 15) is 13.2 Å². The van der Waals surface area contributed by atoms with Gasteiger partial charge in [-0.1, -0.05) is 56.4 Å². The van der Waals surface area contributed by atoms with Crippen LogP contribution in [-0.4, -0.2) is 30.0 Å². The maximum absolute atomic E-state index is 13.7. The Labute approximate surface area is 197 Å². The summed E-state index contributed by atoms with van der Waals surface area (Å²) in [7, 11) is -3.44. The van der Waals surface area contributed by atoms with Crippen LogP contribution >= 0.6 is 11.3 Å². The van der Waals surface area contributed by atoms with E-state index < -0.39 is 9.84 Å². The molecule has 2 aromatic heterocycles. The number of pyridine rings is 1. The van der Waals surface area contributed by atoms with Crippen molar-refractivity contribution in [1.29, 1.82) is 0 Å². The van der Waals surface area contributed by atoms with Gasteiger partial charge in [-0.15, -0.1) is 0 Å². The maximum atomic E-state index is 13.7. The van der Waals surface area contributed by atoms with E-state index in [1.165, 1.54) is 23.5 Å². The topological polar surface area (TPSA) is 80.2 Å². The Kier molecular flexibility index (Phi) is 6.58. The van der Waals surface area contributed by atoms with Gasteiger partial charge in [-0.05, 0) is 47.9 Å². The Morgan fingerprint density at radius 3 is 2.55 bits per heavy atom. The van der Waals surface area contributed by atoms with Crippen LogP contribution in [0.25, 0.3) is 10.2 Å². The normalized spacial score (nSPS) is 11.8. The molecule has 0 aliphatic rings. The number of benzene rings is 2. The molecule has 1 amide bonds. The number of hydrogen-bond donors (Lipinski definition) is 0. The number of thiazole rings is 1. The number of aromatic nitrogens is 2. The lowest BCUT2D eigenvalue weighted by Crippen LogP contribution is -2.30. The molecule has 0 unspecified atom stereocenters. The fourth-order valence-electron chi connectivity index (χ4n) is 3.56. The van der Waals surface area contributed by atoms with E-state index in [1.54, 1.807) is 30.2 Å². The van der Waals surface area contributed by atoms with Crippen LogP contribution in [0.3, 0.4) is 0 Å². The third-order valence-corrected chi connectivity index (χ3v) is 8.18. The van der Waals surface area contributed by atoms with Crippen molar-refractivity contribution in [1.82, 2.24) is 9.97 Å². The third-order valence-electron chi connectivity index (χ3n) is 5.40. The average molecular weight is 480 g/mol. The molecule has 33 heavy (non-hydrogen) atoms. The van der Waals surface area contributed by atoms with E-state index in [4.69, 9.17) is 4.98 Å². The van der Waals surface area contributed by atoms with Crippen molar-refractivity contribution in [3.05, 3.63) is 83.7 Å². The van der Waals surface area contributed by atoms with Crippen molar-refractivity contribution in [2.45, 2.75) is 38.1 Å². The number of rotatable bonds is 7. The van der Waals surface area contributed by atoms with Gasteiger partial charge in [0, 0.05) is 11.8 Å². The summed E-state index contributed by atoms with van der Waals surface area (Å²) in [4.78, 5) is 24.6. The van der Waals surface area contributed by atoms with Gasteiger partial charge in [0.05, 0.1) is 33.1 Å². The zero-order chi connectivity index (χ0) is 23.6. The molecule has 0 bridgehead atoms. The van der Waals surface area contributed by atoms with Crippen molar-refractivity contribution in [2.75, 3.05) is 10.7 Å². The third kappa shape index (κ3) is 4.82.